The van der Waals surface area contributed by atoms with Gasteiger partial charge in [-0.1, -0.05) is 6.42 Å². The van der Waals surface area contributed by atoms with Crippen LogP contribution >= 0.6 is 0 Å². The minimum Gasteiger partial charge on any atom is -0.396 e. The Hall–Kier alpha value is -1.58. The van der Waals surface area contributed by atoms with Crippen LogP contribution in [0.1, 0.15) is 36.0 Å². The molecule has 0 spiro atoms. The van der Waals surface area contributed by atoms with Crippen molar-refractivity contribution in [3.8, 4) is 0 Å². The normalized spacial score (nSPS) is 27.8. The van der Waals surface area contributed by atoms with Gasteiger partial charge in [-0.3, -0.25) is 4.79 Å². The van der Waals surface area contributed by atoms with Crippen LogP contribution in [0, 0.1) is 23.6 Å². The van der Waals surface area contributed by atoms with Crippen molar-refractivity contribution in [2.75, 3.05) is 19.3 Å². The first kappa shape index (κ1) is 13.4. The monoisotopic (exact) mass is 276 g/mol. The molecule has 2 aliphatic carbocycles. The molecule has 108 valence electrons. The van der Waals surface area contributed by atoms with Crippen LogP contribution < -0.4 is 5.73 Å². The van der Waals surface area contributed by atoms with Crippen LogP contribution in [0.4, 0.5) is 10.1 Å². The first-order valence-electron chi connectivity index (χ1n) is 7.35. The molecule has 0 radical (unpaired) electrons. The highest BCUT2D eigenvalue weighted by atomic mass is 19.1. The number of amides is 1. The van der Waals surface area contributed by atoms with E-state index in [0.29, 0.717) is 11.5 Å². The van der Waals surface area contributed by atoms with E-state index in [1.807, 2.05) is 7.05 Å². The number of fused-ring (bicyclic) bond motifs is 2. The van der Waals surface area contributed by atoms with E-state index in [1.54, 1.807) is 4.90 Å². The summed E-state index contributed by atoms with van der Waals surface area (Å²) in [5.74, 6) is 1.78. The second-order valence-corrected chi connectivity index (χ2v) is 6.36. The van der Waals surface area contributed by atoms with Crippen molar-refractivity contribution in [1.29, 1.82) is 0 Å². The van der Waals surface area contributed by atoms with E-state index in [0.717, 1.165) is 18.4 Å². The Morgan fingerprint density at radius 2 is 2.20 bits per heavy atom. The number of hydrogen-bond donors (Lipinski definition) is 1. The van der Waals surface area contributed by atoms with Crippen molar-refractivity contribution < 1.29 is 9.18 Å². The third-order valence-electron chi connectivity index (χ3n) is 4.98. The molecule has 4 heteroatoms. The number of carbonyl (C=O) groups is 1. The Morgan fingerprint density at radius 3 is 2.80 bits per heavy atom. The molecule has 2 fully saturated rings. The Balaban J connectivity index is 1.65. The van der Waals surface area contributed by atoms with Gasteiger partial charge in [0.2, 0.25) is 0 Å². The van der Waals surface area contributed by atoms with Crippen molar-refractivity contribution in [3.63, 3.8) is 0 Å². The number of hydrogen-bond acceptors (Lipinski definition) is 2. The fourth-order valence-electron chi connectivity index (χ4n) is 3.93. The lowest BCUT2D eigenvalue weighted by molar-refractivity contribution is 0.0754. The van der Waals surface area contributed by atoms with Crippen LogP contribution in [-0.2, 0) is 0 Å². The molecule has 1 amide bonds. The number of halogens is 1. The lowest BCUT2D eigenvalue weighted by Crippen LogP contribution is -2.33. The highest BCUT2D eigenvalue weighted by Crippen LogP contribution is 2.48. The number of benzene rings is 1. The van der Waals surface area contributed by atoms with Crippen molar-refractivity contribution in [1.82, 2.24) is 4.90 Å². The zero-order chi connectivity index (χ0) is 14.3. The third kappa shape index (κ3) is 2.39. The lowest BCUT2D eigenvalue weighted by atomic mass is 9.88. The number of nitrogen functional groups attached to an aromatic ring is 1. The van der Waals surface area contributed by atoms with Gasteiger partial charge in [-0.25, -0.2) is 4.39 Å². The molecule has 3 rings (SSSR count). The lowest BCUT2D eigenvalue weighted by Gasteiger charge is -2.27. The molecule has 2 aliphatic rings. The zero-order valence-corrected chi connectivity index (χ0v) is 11.8. The summed E-state index contributed by atoms with van der Waals surface area (Å²) in [5, 5.41) is 0. The van der Waals surface area contributed by atoms with Gasteiger partial charge in [-0.15, -0.1) is 0 Å². The fourth-order valence-corrected chi connectivity index (χ4v) is 3.93. The zero-order valence-electron chi connectivity index (χ0n) is 11.8. The maximum Gasteiger partial charge on any atom is 0.253 e. The molecule has 0 aromatic heterocycles. The van der Waals surface area contributed by atoms with Crippen molar-refractivity contribution >= 4 is 11.6 Å². The Kier molecular flexibility index (Phi) is 3.40. The molecule has 20 heavy (non-hydrogen) atoms. The first-order valence-corrected chi connectivity index (χ1v) is 7.35. The van der Waals surface area contributed by atoms with E-state index in [2.05, 4.69) is 0 Å². The molecular formula is C16H21FN2O. The maximum absolute atomic E-state index is 13.1. The van der Waals surface area contributed by atoms with Gasteiger partial charge in [0, 0.05) is 19.2 Å². The predicted molar refractivity (Wildman–Crippen MR) is 76.7 cm³/mol. The molecule has 0 heterocycles. The van der Waals surface area contributed by atoms with E-state index >= 15 is 0 Å². The van der Waals surface area contributed by atoms with Gasteiger partial charge < -0.3 is 10.6 Å². The van der Waals surface area contributed by atoms with Crippen LogP contribution in [0.25, 0.3) is 0 Å². The standard InChI is InChI=1S/C16H21FN2O/c1-19(9-13-7-10-2-3-11(13)6-10)16(20)12-4-5-14(17)15(18)8-12/h4-5,8,10-11,13H,2-3,6-7,9,18H2,1H3. The van der Waals surface area contributed by atoms with Gasteiger partial charge in [0.15, 0.2) is 0 Å². The van der Waals surface area contributed by atoms with E-state index < -0.39 is 5.82 Å². The minimum absolute atomic E-state index is 0.0316. The van der Waals surface area contributed by atoms with E-state index in [9.17, 15) is 9.18 Å². The van der Waals surface area contributed by atoms with E-state index in [-0.39, 0.29) is 11.6 Å². The largest absolute Gasteiger partial charge is 0.396 e. The summed E-state index contributed by atoms with van der Waals surface area (Å²) in [5.41, 5.74) is 6.02. The number of anilines is 1. The molecule has 2 saturated carbocycles. The van der Waals surface area contributed by atoms with Crippen LogP contribution in [0.2, 0.25) is 0 Å². The van der Waals surface area contributed by atoms with E-state index in [4.69, 9.17) is 5.73 Å². The summed E-state index contributed by atoms with van der Waals surface area (Å²) in [6.45, 7) is 0.803. The Bertz CT molecular complexity index is 531. The van der Waals surface area contributed by atoms with Gasteiger partial charge in [0.05, 0.1) is 5.69 Å². The topological polar surface area (TPSA) is 46.3 Å². The van der Waals surface area contributed by atoms with Crippen LogP contribution in [0.5, 0.6) is 0 Å². The van der Waals surface area contributed by atoms with Gasteiger partial charge >= 0.3 is 0 Å². The van der Waals surface area contributed by atoms with Gasteiger partial charge in [-0.05, 0) is 55.2 Å². The van der Waals surface area contributed by atoms with Crippen LogP contribution in [0.15, 0.2) is 18.2 Å². The molecule has 0 aliphatic heterocycles. The smallest absolute Gasteiger partial charge is 0.253 e. The average Bonchev–Trinajstić information content (AvgIpc) is 3.03. The number of carbonyl (C=O) groups excluding carboxylic acids is 1. The maximum atomic E-state index is 13.1. The SMILES string of the molecule is CN(CC1CC2CCC1C2)C(=O)c1ccc(F)c(N)c1. The quantitative estimate of drug-likeness (QED) is 0.863. The van der Waals surface area contributed by atoms with E-state index in [1.165, 1.54) is 43.9 Å². The van der Waals surface area contributed by atoms with Crippen molar-refractivity contribution in [3.05, 3.63) is 29.6 Å². The molecule has 1 aromatic carbocycles. The van der Waals surface area contributed by atoms with Gasteiger partial charge in [-0.2, -0.15) is 0 Å². The van der Waals surface area contributed by atoms with Crippen molar-refractivity contribution in [2.24, 2.45) is 17.8 Å². The van der Waals surface area contributed by atoms with Crippen LogP contribution in [0.3, 0.4) is 0 Å². The first-order chi connectivity index (χ1) is 9.54. The molecule has 3 nitrogen and oxygen atoms in total. The molecular weight excluding hydrogens is 255 g/mol. The number of nitrogens with two attached hydrogens (primary N) is 1. The number of nitrogens with zero attached hydrogens (tertiary/aromatic N) is 1. The third-order valence-corrected chi connectivity index (χ3v) is 4.98. The summed E-state index contributed by atoms with van der Waals surface area (Å²) >= 11 is 0. The molecule has 2 N–H and O–H groups in total. The minimum atomic E-state index is -0.475. The highest BCUT2D eigenvalue weighted by molar-refractivity contribution is 5.94. The Labute approximate surface area is 118 Å². The molecule has 3 unspecified atom stereocenters. The highest BCUT2D eigenvalue weighted by Gasteiger charge is 2.40. The average molecular weight is 276 g/mol. The summed E-state index contributed by atoms with van der Waals surface area (Å²) in [7, 11) is 1.83. The molecule has 3 atom stereocenters. The van der Waals surface area contributed by atoms with Crippen molar-refractivity contribution in [2.45, 2.75) is 25.7 Å². The predicted octanol–water partition coefficient (Wildman–Crippen LogP) is 2.92. The summed E-state index contributed by atoms with van der Waals surface area (Å²) in [6.07, 6.45) is 5.29. The Morgan fingerprint density at radius 1 is 1.40 bits per heavy atom. The number of rotatable bonds is 3. The van der Waals surface area contributed by atoms with Gasteiger partial charge in [0.1, 0.15) is 5.82 Å². The summed E-state index contributed by atoms with van der Waals surface area (Å²) in [6, 6.07) is 4.19. The summed E-state index contributed by atoms with van der Waals surface area (Å²) in [4.78, 5) is 14.1. The van der Waals surface area contributed by atoms with Gasteiger partial charge in [0.25, 0.3) is 5.91 Å². The molecule has 1 aromatic rings. The second kappa shape index (κ2) is 5.08. The fraction of sp³-hybridized carbons (Fsp3) is 0.562. The van der Waals surface area contributed by atoms with Crippen LogP contribution in [-0.4, -0.2) is 24.4 Å². The summed E-state index contributed by atoms with van der Waals surface area (Å²) < 4.78 is 13.1. The molecule has 0 saturated heterocycles. The second-order valence-electron chi connectivity index (χ2n) is 6.36. The molecule has 2 bridgehead atoms.